The standard InChI is InChI=1S/C18H18N2O4/c1-2-23-15-7-5-13(6-8-15)10-14(11-19)18(22)20-12-16(21)17-4-3-9-24-17/h3-10,16,21H,2,12H2,1H3,(H,20,22)/b14-10-. The van der Waals surface area contributed by atoms with Gasteiger partial charge in [-0.05, 0) is 42.8 Å². The van der Waals surface area contributed by atoms with Crippen molar-refractivity contribution in [2.24, 2.45) is 0 Å². The van der Waals surface area contributed by atoms with E-state index in [1.807, 2.05) is 13.0 Å². The molecule has 0 aliphatic rings. The van der Waals surface area contributed by atoms with Gasteiger partial charge in [0.2, 0.25) is 0 Å². The molecule has 24 heavy (non-hydrogen) atoms. The Balaban J connectivity index is 1.99. The van der Waals surface area contributed by atoms with Crippen LogP contribution in [0.5, 0.6) is 5.75 Å². The Morgan fingerprint density at radius 1 is 1.42 bits per heavy atom. The highest BCUT2D eigenvalue weighted by Crippen LogP contribution is 2.15. The van der Waals surface area contributed by atoms with E-state index in [1.165, 1.54) is 12.3 Å². The molecule has 1 atom stereocenters. The van der Waals surface area contributed by atoms with Crippen molar-refractivity contribution in [3.8, 4) is 11.8 Å². The minimum Gasteiger partial charge on any atom is -0.494 e. The summed E-state index contributed by atoms with van der Waals surface area (Å²) in [7, 11) is 0. The lowest BCUT2D eigenvalue weighted by molar-refractivity contribution is -0.117. The number of aliphatic hydroxyl groups is 1. The van der Waals surface area contributed by atoms with Crippen molar-refractivity contribution in [3.63, 3.8) is 0 Å². The number of rotatable bonds is 7. The van der Waals surface area contributed by atoms with Gasteiger partial charge in [0.25, 0.3) is 5.91 Å². The number of hydrogen-bond acceptors (Lipinski definition) is 5. The van der Waals surface area contributed by atoms with Gasteiger partial charge in [-0.1, -0.05) is 12.1 Å². The van der Waals surface area contributed by atoms with Crippen LogP contribution in [0.4, 0.5) is 0 Å². The zero-order valence-electron chi connectivity index (χ0n) is 13.2. The number of amides is 1. The molecular weight excluding hydrogens is 308 g/mol. The second-order valence-electron chi connectivity index (χ2n) is 4.91. The van der Waals surface area contributed by atoms with Gasteiger partial charge in [-0.3, -0.25) is 4.79 Å². The van der Waals surface area contributed by atoms with E-state index in [9.17, 15) is 9.90 Å². The maximum Gasteiger partial charge on any atom is 0.262 e. The summed E-state index contributed by atoms with van der Waals surface area (Å²) < 4.78 is 10.4. The van der Waals surface area contributed by atoms with Gasteiger partial charge in [-0.2, -0.15) is 5.26 Å². The smallest absolute Gasteiger partial charge is 0.262 e. The molecule has 0 saturated heterocycles. The zero-order chi connectivity index (χ0) is 17.4. The summed E-state index contributed by atoms with van der Waals surface area (Å²) in [5.41, 5.74) is 0.655. The van der Waals surface area contributed by atoms with Gasteiger partial charge in [0.05, 0.1) is 19.4 Å². The van der Waals surface area contributed by atoms with Crippen LogP contribution in [0, 0.1) is 11.3 Å². The van der Waals surface area contributed by atoms with Crippen molar-refractivity contribution in [3.05, 3.63) is 59.6 Å². The van der Waals surface area contributed by atoms with E-state index in [0.29, 0.717) is 17.9 Å². The van der Waals surface area contributed by atoms with Gasteiger partial charge in [0.1, 0.15) is 29.3 Å². The van der Waals surface area contributed by atoms with Crippen LogP contribution in [0.2, 0.25) is 0 Å². The van der Waals surface area contributed by atoms with Crippen LogP contribution >= 0.6 is 0 Å². The van der Waals surface area contributed by atoms with E-state index in [-0.39, 0.29) is 12.1 Å². The fraction of sp³-hybridized carbons (Fsp3) is 0.222. The number of nitrogens with one attached hydrogen (secondary N) is 1. The number of benzene rings is 1. The molecule has 0 aliphatic carbocycles. The second kappa shape index (κ2) is 8.56. The molecule has 1 unspecified atom stereocenters. The fourth-order valence-electron chi connectivity index (χ4n) is 2.01. The molecule has 0 radical (unpaired) electrons. The highest BCUT2D eigenvalue weighted by atomic mass is 16.5. The average molecular weight is 326 g/mol. The first-order valence-electron chi connectivity index (χ1n) is 7.48. The minimum absolute atomic E-state index is 0.0470. The second-order valence-corrected chi connectivity index (χ2v) is 4.91. The minimum atomic E-state index is -0.964. The Morgan fingerprint density at radius 2 is 2.17 bits per heavy atom. The van der Waals surface area contributed by atoms with Crippen molar-refractivity contribution < 1.29 is 19.1 Å². The summed E-state index contributed by atoms with van der Waals surface area (Å²) in [6.45, 7) is 2.41. The Kier molecular flexibility index (Phi) is 6.17. The lowest BCUT2D eigenvalue weighted by Crippen LogP contribution is -2.29. The molecule has 6 heteroatoms. The van der Waals surface area contributed by atoms with Gasteiger partial charge < -0.3 is 19.6 Å². The maximum absolute atomic E-state index is 12.1. The molecule has 0 bridgehead atoms. The first-order valence-corrected chi connectivity index (χ1v) is 7.48. The predicted molar refractivity (Wildman–Crippen MR) is 87.9 cm³/mol. The normalized spacial score (nSPS) is 12.3. The quantitative estimate of drug-likeness (QED) is 0.602. The molecular formula is C18H18N2O4. The van der Waals surface area contributed by atoms with Crippen molar-refractivity contribution in [1.82, 2.24) is 5.32 Å². The summed E-state index contributed by atoms with van der Waals surface area (Å²) >= 11 is 0. The van der Waals surface area contributed by atoms with Crippen LogP contribution in [-0.2, 0) is 4.79 Å². The van der Waals surface area contributed by atoms with Crippen LogP contribution in [0.25, 0.3) is 6.08 Å². The molecule has 2 aromatic rings. The van der Waals surface area contributed by atoms with E-state index in [2.05, 4.69) is 5.32 Å². The summed E-state index contributed by atoms with van der Waals surface area (Å²) in [5, 5.41) is 21.5. The molecule has 2 N–H and O–H groups in total. The van der Waals surface area contributed by atoms with Crippen LogP contribution in [-0.4, -0.2) is 24.2 Å². The largest absolute Gasteiger partial charge is 0.494 e. The van der Waals surface area contributed by atoms with E-state index in [4.69, 9.17) is 14.4 Å². The maximum atomic E-state index is 12.1. The van der Waals surface area contributed by atoms with E-state index in [1.54, 1.807) is 36.4 Å². The Labute approximate surface area is 140 Å². The third kappa shape index (κ3) is 4.73. The van der Waals surface area contributed by atoms with Crippen molar-refractivity contribution >= 4 is 12.0 Å². The summed E-state index contributed by atoms with van der Waals surface area (Å²) in [4.78, 5) is 12.1. The Morgan fingerprint density at radius 3 is 2.75 bits per heavy atom. The highest BCUT2D eigenvalue weighted by Gasteiger charge is 2.14. The van der Waals surface area contributed by atoms with E-state index < -0.39 is 12.0 Å². The Hall–Kier alpha value is -3.04. The molecule has 0 spiro atoms. The molecule has 0 fully saturated rings. The monoisotopic (exact) mass is 326 g/mol. The van der Waals surface area contributed by atoms with Crippen LogP contribution in [0.15, 0.2) is 52.7 Å². The first kappa shape index (κ1) is 17.3. The topological polar surface area (TPSA) is 95.5 Å². The van der Waals surface area contributed by atoms with E-state index in [0.717, 1.165) is 5.75 Å². The van der Waals surface area contributed by atoms with Crippen LogP contribution in [0.3, 0.4) is 0 Å². The molecule has 6 nitrogen and oxygen atoms in total. The average Bonchev–Trinajstić information content (AvgIpc) is 3.13. The lowest BCUT2D eigenvalue weighted by Gasteiger charge is -2.09. The van der Waals surface area contributed by atoms with Gasteiger partial charge in [0.15, 0.2) is 0 Å². The summed E-state index contributed by atoms with van der Waals surface area (Å²) in [6, 6.07) is 12.2. The highest BCUT2D eigenvalue weighted by molar-refractivity contribution is 6.01. The zero-order valence-corrected chi connectivity index (χ0v) is 13.2. The number of ether oxygens (including phenoxy) is 1. The summed E-state index contributed by atoms with van der Waals surface area (Å²) in [6.07, 6.45) is 1.95. The van der Waals surface area contributed by atoms with Crippen molar-refractivity contribution in [1.29, 1.82) is 5.26 Å². The lowest BCUT2D eigenvalue weighted by atomic mass is 10.1. The third-order valence-electron chi connectivity index (χ3n) is 3.19. The SMILES string of the molecule is CCOc1ccc(/C=C(/C#N)C(=O)NCC(O)c2ccco2)cc1. The molecule has 1 aromatic heterocycles. The number of hydrogen-bond donors (Lipinski definition) is 2. The molecule has 0 aliphatic heterocycles. The van der Waals surface area contributed by atoms with E-state index >= 15 is 0 Å². The number of carbonyl (C=O) groups excluding carboxylic acids is 1. The predicted octanol–water partition coefficient (Wildman–Crippen LogP) is 2.44. The molecule has 1 aromatic carbocycles. The number of nitrogens with zero attached hydrogens (tertiary/aromatic N) is 1. The third-order valence-corrected chi connectivity index (χ3v) is 3.19. The van der Waals surface area contributed by atoms with Crippen molar-refractivity contribution in [2.45, 2.75) is 13.0 Å². The number of furan rings is 1. The molecule has 0 saturated carbocycles. The number of carbonyl (C=O) groups is 1. The molecule has 2 rings (SSSR count). The molecule has 1 amide bonds. The number of nitriles is 1. The van der Waals surface area contributed by atoms with Crippen LogP contribution < -0.4 is 10.1 Å². The van der Waals surface area contributed by atoms with Gasteiger partial charge in [-0.15, -0.1) is 0 Å². The van der Waals surface area contributed by atoms with Crippen LogP contribution in [0.1, 0.15) is 24.4 Å². The molecule has 124 valence electrons. The number of aliphatic hydroxyl groups excluding tert-OH is 1. The van der Waals surface area contributed by atoms with Crippen molar-refractivity contribution in [2.75, 3.05) is 13.2 Å². The molecule has 1 heterocycles. The first-order chi connectivity index (χ1) is 11.6. The summed E-state index contributed by atoms with van der Waals surface area (Å²) in [5.74, 6) is 0.514. The van der Waals surface area contributed by atoms with Gasteiger partial charge >= 0.3 is 0 Å². The van der Waals surface area contributed by atoms with Gasteiger partial charge in [-0.25, -0.2) is 0 Å². The Bertz CT molecular complexity index is 727. The fourth-order valence-corrected chi connectivity index (χ4v) is 2.01. The van der Waals surface area contributed by atoms with Gasteiger partial charge in [0, 0.05) is 0 Å².